The van der Waals surface area contributed by atoms with Gasteiger partial charge < -0.3 is 25.1 Å². The lowest BCUT2D eigenvalue weighted by Gasteiger charge is -2.18. The van der Waals surface area contributed by atoms with Crippen molar-refractivity contribution in [2.45, 2.75) is 6.10 Å². The highest BCUT2D eigenvalue weighted by Crippen LogP contribution is 2.41. The Morgan fingerprint density at radius 1 is 1.12 bits per heavy atom. The fourth-order valence-electron chi connectivity index (χ4n) is 1.51. The predicted molar refractivity (Wildman–Crippen MR) is 60.1 cm³/mol. The summed E-state index contributed by atoms with van der Waals surface area (Å²) in [4.78, 5) is 0. The van der Waals surface area contributed by atoms with E-state index in [1.165, 1.54) is 21.3 Å². The van der Waals surface area contributed by atoms with E-state index in [-0.39, 0.29) is 6.54 Å². The molecule has 16 heavy (non-hydrogen) atoms. The molecule has 5 nitrogen and oxygen atoms in total. The number of hydrogen-bond acceptors (Lipinski definition) is 5. The molecule has 3 N–H and O–H groups in total. The fraction of sp³-hybridized carbons (Fsp3) is 0.455. The summed E-state index contributed by atoms with van der Waals surface area (Å²) in [6, 6.07) is 3.41. The summed E-state index contributed by atoms with van der Waals surface area (Å²) < 4.78 is 15.5. The second-order valence-electron chi connectivity index (χ2n) is 3.18. The van der Waals surface area contributed by atoms with Crippen LogP contribution in [0.3, 0.4) is 0 Å². The highest BCUT2D eigenvalue weighted by Gasteiger charge is 2.19. The van der Waals surface area contributed by atoms with E-state index in [2.05, 4.69) is 0 Å². The van der Waals surface area contributed by atoms with Crippen LogP contribution in [0, 0.1) is 0 Å². The van der Waals surface area contributed by atoms with Crippen molar-refractivity contribution in [1.82, 2.24) is 0 Å². The molecular weight excluding hydrogens is 210 g/mol. The molecule has 1 rings (SSSR count). The first kappa shape index (κ1) is 12.6. The highest BCUT2D eigenvalue weighted by atomic mass is 16.5. The smallest absolute Gasteiger partial charge is 0.203 e. The van der Waals surface area contributed by atoms with Crippen molar-refractivity contribution in [2.24, 2.45) is 5.73 Å². The molecule has 0 radical (unpaired) electrons. The van der Waals surface area contributed by atoms with Gasteiger partial charge in [-0.25, -0.2) is 0 Å². The molecule has 0 aliphatic heterocycles. The van der Waals surface area contributed by atoms with Crippen molar-refractivity contribution in [2.75, 3.05) is 27.9 Å². The van der Waals surface area contributed by atoms with Crippen molar-refractivity contribution < 1.29 is 19.3 Å². The minimum atomic E-state index is -0.783. The number of benzene rings is 1. The van der Waals surface area contributed by atoms with Crippen LogP contribution < -0.4 is 19.9 Å². The molecule has 1 atom stereocenters. The van der Waals surface area contributed by atoms with Crippen LogP contribution in [0.25, 0.3) is 0 Å². The molecule has 0 spiro atoms. The lowest BCUT2D eigenvalue weighted by atomic mass is 10.1. The first-order chi connectivity index (χ1) is 7.69. The summed E-state index contributed by atoms with van der Waals surface area (Å²) >= 11 is 0. The molecule has 1 unspecified atom stereocenters. The van der Waals surface area contributed by atoms with Crippen LogP contribution in [0.15, 0.2) is 12.1 Å². The van der Waals surface area contributed by atoms with Gasteiger partial charge in [0, 0.05) is 12.1 Å². The van der Waals surface area contributed by atoms with E-state index in [9.17, 15) is 5.11 Å². The maximum absolute atomic E-state index is 9.72. The molecule has 1 aromatic carbocycles. The third-order valence-corrected chi connectivity index (χ3v) is 2.32. The van der Waals surface area contributed by atoms with Gasteiger partial charge in [-0.3, -0.25) is 0 Å². The molecule has 0 bridgehead atoms. The molecule has 0 aliphatic carbocycles. The highest BCUT2D eigenvalue weighted by molar-refractivity contribution is 5.56. The van der Waals surface area contributed by atoms with Crippen LogP contribution in [0.5, 0.6) is 17.2 Å². The van der Waals surface area contributed by atoms with Crippen molar-refractivity contribution in [3.63, 3.8) is 0 Å². The van der Waals surface area contributed by atoms with E-state index in [4.69, 9.17) is 19.9 Å². The summed E-state index contributed by atoms with van der Waals surface area (Å²) in [5.41, 5.74) is 6.00. The van der Waals surface area contributed by atoms with E-state index in [1.807, 2.05) is 0 Å². The van der Waals surface area contributed by atoms with Crippen LogP contribution in [0.2, 0.25) is 0 Å². The predicted octanol–water partition coefficient (Wildman–Crippen LogP) is 0.705. The van der Waals surface area contributed by atoms with Gasteiger partial charge >= 0.3 is 0 Å². The van der Waals surface area contributed by atoms with Crippen LogP contribution in [-0.2, 0) is 0 Å². The largest absolute Gasteiger partial charge is 0.493 e. The average Bonchev–Trinajstić information content (AvgIpc) is 2.35. The van der Waals surface area contributed by atoms with Gasteiger partial charge in [0.1, 0.15) is 0 Å². The maximum atomic E-state index is 9.72. The monoisotopic (exact) mass is 227 g/mol. The molecule has 5 heteroatoms. The number of aliphatic hydroxyl groups excluding tert-OH is 1. The van der Waals surface area contributed by atoms with Crippen LogP contribution in [-0.4, -0.2) is 33.0 Å². The Morgan fingerprint density at radius 3 is 2.19 bits per heavy atom. The molecule has 0 fully saturated rings. The zero-order valence-corrected chi connectivity index (χ0v) is 9.69. The van der Waals surface area contributed by atoms with E-state index in [0.717, 1.165) is 0 Å². The molecule has 0 saturated heterocycles. The van der Waals surface area contributed by atoms with Crippen LogP contribution in [0.1, 0.15) is 11.7 Å². The summed E-state index contributed by atoms with van der Waals surface area (Å²) in [5, 5.41) is 9.72. The third kappa shape index (κ3) is 2.20. The molecular formula is C11H17NO4. The Hall–Kier alpha value is -1.46. The zero-order chi connectivity index (χ0) is 12.1. The van der Waals surface area contributed by atoms with Crippen molar-refractivity contribution >= 4 is 0 Å². The average molecular weight is 227 g/mol. The van der Waals surface area contributed by atoms with Gasteiger partial charge in [0.05, 0.1) is 27.4 Å². The van der Waals surface area contributed by atoms with Gasteiger partial charge in [-0.1, -0.05) is 0 Å². The molecule has 1 aromatic rings. The lowest BCUT2D eigenvalue weighted by molar-refractivity contribution is 0.180. The van der Waals surface area contributed by atoms with E-state index >= 15 is 0 Å². The van der Waals surface area contributed by atoms with Crippen LogP contribution in [0.4, 0.5) is 0 Å². The first-order valence-electron chi connectivity index (χ1n) is 4.86. The SMILES string of the molecule is COc1ccc(C(O)CN)c(OC)c1OC. The molecule has 0 aromatic heterocycles. The van der Waals surface area contributed by atoms with Gasteiger partial charge in [0.2, 0.25) is 5.75 Å². The normalized spacial score (nSPS) is 12.1. The van der Waals surface area contributed by atoms with Gasteiger partial charge in [0.15, 0.2) is 11.5 Å². The molecule has 90 valence electrons. The number of ether oxygens (including phenoxy) is 3. The summed E-state index contributed by atoms with van der Waals surface area (Å²) in [6.45, 7) is 0.117. The van der Waals surface area contributed by atoms with E-state index in [1.54, 1.807) is 12.1 Å². The molecule has 0 heterocycles. The van der Waals surface area contributed by atoms with E-state index < -0.39 is 6.10 Å². The Kier molecular flexibility index (Phi) is 4.39. The van der Waals surface area contributed by atoms with Crippen molar-refractivity contribution in [1.29, 1.82) is 0 Å². The molecule has 0 amide bonds. The number of nitrogens with two attached hydrogens (primary N) is 1. The standard InChI is InChI=1S/C11H17NO4/c1-14-9-5-4-7(8(13)6-12)10(15-2)11(9)16-3/h4-5,8,13H,6,12H2,1-3H3. The number of methoxy groups -OCH3 is 3. The fourth-order valence-corrected chi connectivity index (χ4v) is 1.51. The zero-order valence-electron chi connectivity index (χ0n) is 9.69. The van der Waals surface area contributed by atoms with E-state index in [0.29, 0.717) is 22.8 Å². The third-order valence-electron chi connectivity index (χ3n) is 2.32. The second-order valence-corrected chi connectivity index (χ2v) is 3.18. The molecule has 0 saturated carbocycles. The minimum Gasteiger partial charge on any atom is -0.493 e. The number of aliphatic hydroxyl groups is 1. The first-order valence-corrected chi connectivity index (χ1v) is 4.86. The summed E-state index contributed by atoms with van der Waals surface area (Å²) in [6.07, 6.45) is -0.783. The Bertz CT molecular complexity index is 354. The summed E-state index contributed by atoms with van der Waals surface area (Å²) in [7, 11) is 4.55. The van der Waals surface area contributed by atoms with Gasteiger partial charge in [0.25, 0.3) is 0 Å². The number of hydrogen-bond donors (Lipinski definition) is 2. The topological polar surface area (TPSA) is 73.9 Å². The van der Waals surface area contributed by atoms with Gasteiger partial charge in [-0.05, 0) is 12.1 Å². The quantitative estimate of drug-likeness (QED) is 0.774. The lowest BCUT2D eigenvalue weighted by Crippen LogP contribution is -2.13. The Morgan fingerprint density at radius 2 is 1.75 bits per heavy atom. The van der Waals surface area contributed by atoms with Crippen molar-refractivity contribution in [3.8, 4) is 17.2 Å². The summed E-state index contributed by atoms with van der Waals surface area (Å²) in [5.74, 6) is 1.45. The number of rotatable bonds is 5. The van der Waals surface area contributed by atoms with Gasteiger partial charge in [-0.2, -0.15) is 0 Å². The second kappa shape index (κ2) is 5.58. The molecule has 0 aliphatic rings. The Balaban J connectivity index is 3.31. The van der Waals surface area contributed by atoms with Gasteiger partial charge in [-0.15, -0.1) is 0 Å². The Labute approximate surface area is 94.7 Å². The van der Waals surface area contributed by atoms with Crippen LogP contribution >= 0.6 is 0 Å². The maximum Gasteiger partial charge on any atom is 0.203 e. The minimum absolute atomic E-state index is 0.117. The van der Waals surface area contributed by atoms with Crippen molar-refractivity contribution in [3.05, 3.63) is 17.7 Å².